The molecule has 0 radical (unpaired) electrons. The number of hydrogen-bond acceptors (Lipinski definition) is 2. The first kappa shape index (κ1) is 17.8. The van der Waals surface area contributed by atoms with Gasteiger partial charge in [-0.15, -0.1) is 12.4 Å². The summed E-state index contributed by atoms with van der Waals surface area (Å²) in [5.74, 6) is 1.81. The second kappa shape index (κ2) is 7.05. The van der Waals surface area contributed by atoms with Crippen molar-refractivity contribution in [2.45, 2.75) is 57.5 Å². The molecular formula is C20H29ClN2O. The zero-order chi connectivity index (χ0) is 16.0. The number of halogens is 1. The maximum atomic E-state index is 13.0. The summed E-state index contributed by atoms with van der Waals surface area (Å²) in [4.78, 5) is 15.3. The first-order chi connectivity index (χ1) is 11.1. The Morgan fingerprint density at radius 3 is 2.38 bits per heavy atom. The average molecular weight is 349 g/mol. The van der Waals surface area contributed by atoms with E-state index in [-0.39, 0.29) is 18.3 Å². The summed E-state index contributed by atoms with van der Waals surface area (Å²) in [5, 5.41) is 3.30. The van der Waals surface area contributed by atoms with Crippen LogP contribution in [0.4, 0.5) is 0 Å². The highest BCUT2D eigenvalue weighted by Gasteiger charge is 2.46. The number of carbonyl (C=O) groups is 1. The van der Waals surface area contributed by atoms with Crippen LogP contribution in [0.15, 0.2) is 24.3 Å². The first-order valence-electron chi connectivity index (χ1n) is 9.23. The first-order valence-corrected chi connectivity index (χ1v) is 9.23. The third kappa shape index (κ3) is 3.21. The number of rotatable bonds is 5. The normalized spacial score (nSPS) is 27.4. The number of nitrogens with one attached hydrogen (secondary N) is 1. The molecule has 24 heavy (non-hydrogen) atoms. The lowest BCUT2D eigenvalue weighted by molar-refractivity contribution is -0.142. The zero-order valence-corrected chi connectivity index (χ0v) is 15.5. The highest BCUT2D eigenvalue weighted by Crippen LogP contribution is 2.45. The number of hydrogen-bond donors (Lipinski definition) is 1. The van der Waals surface area contributed by atoms with Gasteiger partial charge in [-0.25, -0.2) is 0 Å². The van der Waals surface area contributed by atoms with E-state index in [1.54, 1.807) is 0 Å². The van der Waals surface area contributed by atoms with Crippen molar-refractivity contribution in [2.24, 2.45) is 11.8 Å². The molecule has 1 atom stereocenters. The Morgan fingerprint density at radius 1 is 1.17 bits per heavy atom. The summed E-state index contributed by atoms with van der Waals surface area (Å²) >= 11 is 0. The third-order valence-corrected chi connectivity index (χ3v) is 6.24. The molecule has 3 nitrogen and oxygen atoms in total. The van der Waals surface area contributed by atoms with Crippen LogP contribution in [0.1, 0.15) is 49.7 Å². The molecule has 2 aliphatic carbocycles. The molecule has 1 saturated heterocycles. The Bertz CT molecular complexity index is 591. The van der Waals surface area contributed by atoms with Gasteiger partial charge < -0.3 is 10.2 Å². The largest absolute Gasteiger partial charge is 0.336 e. The monoisotopic (exact) mass is 348 g/mol. The minimum Gasteiger partial charge on any atom is -0.336 e. The van der Waals surface area contributed by atoms with Crippen LogP contribution in [0.5, 0.6) is 0 Å². The van der Waals surface area contributed by atoms with E-state index in [2.05, 4.69) is 48.3 Å². The molecule has 0 spiro atoms. The van der Waals surface area contributed by atoms with Crippen molar-refractivity contribution in [3.05, 3.63) is 35.4 Å². The van der Waals surface area contributed by atoms with Crippen LogP contribution in [0, 0.1) is 18.8 Å². The summed E-state index contributed by atoms with van der Waals surface area (Å²) in [6.07, 6.45) is 4.74. The van der Waals surface area contributed by atoms with Crippen molar-refractivity contribution in [2.75, 3.05) is 13.1 Å². The van der Waals surface area contributed by atoms with Crippen LogP contribution in [-0.4, -0.2) is 36.0 Å². The molecule has 3 aliphatic rings. The Balaban J connectivity index is 0.00000169. The van der Waals surface area contributed by atoms with Crippen molar-refractivity contribution in [3.8, 4) is 0 Å². The van der Waals surface area contributed by atoms with E-state index in [1.165, 1.54) is 24.0 Å². The summed E-state index contributed by atoms with van der Waals surface area (Å²) in [6.45, 7) is 6.38. The Hall–Kier alpha value is -1.06. The number of benzene rings is 1. The van der Waals surface area contributed by atoms with Crippen LogP contribution < -0.4 is 5.32 Å². The fourth-order valence-electron chi connectivity index (χ4n) is 4.23. The van der Waals surface area contributed by atoms with Crippen LogP contribution in [0.2, 0.25) is 0 Å². The van der Waals surface area contributed by atoms with E-state index < -0.39 is 0 Å². The molecule has 1 aromatic carbocycles. The number of carbonyl (C=O) groups excluding carboxylic acids is 1. The zero-order valence-electron chi connectivity index (χ0n) is 14.7. The van der Waals surface area contributed by atoms with Crippen molar-refractivity contribution < 1.29 is 4.79 Å². The lowest BCUT2D eigenvalue weighted by atomic mass is 9.73. The lowest BCUT2D eigenvalue weighted by Crippen LogP contribution is -2.55. The summed E-state index contributed by atoms with van der Waals surface area (Å²) in [5.41, 5.74) is 2.89. The Labute approximate surface area is 151 Å². The van der Waals surface area contributed by atoms with Gasteiger partial charge in [-0.2, -0.15) is 0 Å². The number of amides is 1. The fraction of sp³-hybridized carbons (Fsp3) is 0.650. The SMILES string of the molecule is Cc1ccccc1C1CC(N(C(=O)C(C)C2CNC2)C2CC2)C1.Cl. The molecule has 1 aromatic rings. The topological polar surface area (TPSA) is 32.3 Å². The van der Waals surface area contributed by atoms with E-state index in [0.29, 0.717) is 29.8 Å². The second-order valence-corrected chi connectivity index (χ2v) is 7.86. The molecule has 1 aliphatic heterocycles. The quantitative estimate of drug-likeness (QED) is 0.883. The van der Waals surface area contributed by atoms with Crippen LogP contribution >= 0.6 is 12.4 Å². The summed E-state index contributed by atoms with van der Waals surface area (Å²) in [7, 11) is 0. The molecule has 2 saturated carbocycles. The summed E-state index contributed by atoms with van der Waals surface area (Å²) < 4.78 is 0. The van der Waals surface area contributed by atoms with E-state index in [1.807, 2.05) is 0 Å². The molecule has 0 aromatic heterocycles. The van der Waals surface area contributed by atoms with Gasteiger partial charge in [0.25, 0.3) is 0 Å². The standard InChI is InChI=1S/C20H28N2O.ClH/c1-13-5-3-4-6-19(13)15-9-18(10-15)22(17-7-8-17)20(23)14(2)16-11-21-12-16;/h3-6,14-18,21H,7-12H2,1-2H3;1H. The smallest absolute Gasteiger partial charge is 0.226 e. The maximum Gasteiger partial charge on any atom is 0.226 e. The Morgan fingerprint density at radius 2 is 1.83 bits per heavy atom. The van der Waals surface area contributed by atoms with Gasteiger partial charge >= 0.3 is 0 Å². The molecule has 1 heterocycles. The van der Waals surface area contributed by atoms with Gasteiger partial charge in [0, 0.05) is 18.0 Å². The third-order valence-electron chi connectivity index (χ3n) is 6.24. The maximum absolute atomic E-state index is 13.0. The molecule has 1 N–H and O–H groups in total. The van der Waals surface area contributed by atoms with E-state index in [4.69, 9.17) is 0 Å². The van der Waals surface area contributed by atoms with Gasteiger partial charge in [-0.1, -0.05) is 31.2 Å². The predicted molar refractivity (Wildman–Crippen MR) is 99.6 cm³/mol. The minimum atomic E-state index is 0. The van der Waals surface area contributed by atoms with E-state index >= 15 is 0 Å². The van der Waals surface area contributed by atoms with Crippen molar-refractivity contribution in [1.82, 2.24) is 10.2 Å². The molecule has 132 valence electrons. The van der Waals surface area contributed by atoms with Gasteiger partial charge in [0.2, 0.25) is 5.91 Å². The van der Waals surface area contributed by atoms with Crippen LogP contribution in [-0.2, 0) is 4.79 Å². The lowest BCUT2D eigenvalue weighted by Gasteiger charge is -2.46. The highest BCUT2D eigenvalue weighted by molar-refractivity contribution is 5.85. The van der Waals surface area contributed by atoms with E-state index in [0.717, 1.165) is 25.9 Å². The molecule has 4 rings (SSSR count). The van der Waals surface area contributed by atoms with Crippen molar-refractivity contribution in [3.63, 3.8) is 0 Å². The molecule has 1 amide bonds. The second-order valence-electron chi connectivity index (χ2n) is 7.86. The number of aryl methyl sites for hydroxylation is 1. The van der Waals surface area contributed by atoms with Gasteiger partial charge in [0.05, 0.1) is 0 Å². The fourth-order valence-corrected chi connectivity index (χ4v) is 4.23. The molecule has 4 heteroatoms. The summed E-state index contributed by atoms with van der Waals surface area (Å²) in [6, 6.07) is 9.75. The molecule has 0 bridgehead atoms. The molecule has 3 fully saturated rings. The van der Waals surface area contributed by atoms with Gasteiger partial charge in [0.1, 0.15) is 0 Å². The van der Waals surface area contributed by atoms with Crippen molar-refractivity contribution >= 4 is 18.3 Å². The van der Waals surface area contributed by atoms with Gasteiger partial charge in [-0.3, -0.25) is 4.79 Å². The minimum absolute atomic E-state index is 0. The molecular weight excluding hydrogens is 320 g/mol. The van der Waals surface area contributed by atoms with Crippen LogP contribution in [0.25, 0.3) is 0 Å². The van der Waals surface area contributed by atoms with Gasteiger partial charge in [0.15, 0.2) is 0 Å². The van der Waals surface area contributed by atoms with Gasteiger partial charge in [-0.05, 0) is 68.7 Å². The average Bonchev–Trinajstić information content (AvgIpc) is 3.25. The predicted octanol–water partition coefficient (Wildman–Crippen LogP) is 3.51. The highest BCUT2D eigenvalue weighted by atomic mass is 35.5. The van der Waals surface area contributed by atoms with Crippen LogP contribution in [0.3, 0.4) is 0 Å². The molecule has 1 unspecified atom stereocenters. The Kier molecular flexibility index (Phi) is 5.22. The van der Waals surface area contributed by atoms with Crippen molar-refractivity contribution in [1.29, 1.82) is 0 Å². The number of nitrogens with zero attached hydrogens (tertiary/aromatic N) is 1. The van der Waals surface area contributed by atoms with E-state index in [9.17, 15) is 4.79 Å².